The smallest absolute Gasteiger partial charge is 0.368 e. The van der Waals surface area contributed by atoms with E-state index in [9.17, 15) is 9.46 Å². The second-order valence-corrected chi connectivity index (χ2v) is 12.1. The number of fused-ring (bicyclic) bond motifs is 1. The predicted molar refractivity (Wildman–Crippen MR) is 134 cm³/mol. The third-order valence-corrected chi connectivity index (χ3v) is 9.34. The van der Waals surface area contributed by atoms with Crippen molar-refractivity contribution in [2.45, 2.75) is 57.2 Å². The maximum absolute atomic E-state index is 12.5. The molecule has 2 aromatic heterocycles. The number of benzene rings is 1. The van der Waals surface area contributed by atoms with Crippen molar-refractivity contribution in [3.63, 3.8) is 0 Å². The largest absolute Gasteiger partial charge is 0.463 e. The van der Waals surface area contributed by atoms with Gasteiger partial charge >= 0.3 is 7.60 Å². The SMILES string of the molecule is CC1(C)Oc2ncnc(N)c2N=C1c1ccc(C2CCC(OP(=O)(O)c3cccs3)CC2)cc1. The summed E-state index contributed by atoms with van der Waals surface area (Å²) in [7, 11) is -3.74. The van der Waals surface area contributed by atoms with Crippen LogP contribution in [-0.4, -0.2) is 32.3 Å². The van der Waals surface area contributed by atoms with Gasteiger partial charge < -0.3 is 19.9 Å². The van der Waals surface area contributed by atoms with Gasteiger partial charge in [-0.25, -0.2) is 9.98 Å². The molecule has 178 valence electrons. The van der Waals surface area contributed by atoms with Crippen LogP contribution in [0.25, 0.3) is 0 Å². The maximum atomic E-state index is 12.5. The fraction of sp³-hybridized carbons (Fsp3) is 0.375. The van der Waals surface area contributed by atoms with E-state index in [0.717, 1.165) is 37.0 Å². The van der Waals surface area contributed by atoms with Crippen LogP contribution in [0.1, 0.15) is 56.6 Å². The summed E-state index contributed by atoms with van der Waals surface area (Å²) in [6.07, 6.45) is 4.51. The molecule has 3 heterocycles. The number of aromatic nitrogens is 2. The Morgan fingerprint density at radius 1 is 1.15 bits per heavy atom. The molecule has 0 spiro atoms. The molecule has 1 fully saturated rings. The Morgan fingerprint density at radius 3 is 2.56 bits per heavy atom. The standard InChI is InChI=1S/C24H27N4O4PS/c1-24(2)21(28-20-22(25)26-14-27-23(20)31-24)17-7-5-15(6-8-17)16-9-11-18(12-10-16)32-33(29,30)19-4-3-13-34-19/h3-8,13-14,16,18H,9-12H2,1-2H3,(H,29,30)(H2,25,26,27). The van der Waals surface area contributed by atoms with E-state index in [2.05, 4.69) is 34.2 Å². The van der Waals surface area contributed by atoms with Gasteiger partial charge in [-0.3, -0.25) is 4.57 Å². The molecule has 10 heteroatoms. The molecule has 1 saturated carbocycles. The van der Waals surface area contributed by atoms with Crippen LogP contribution in [0.3, 0.4) is 0 Å². The Labute approximate surface area is 202 Å². The molecule has 1 unspecified atom stereocenters. The molecule has 1 aliphatic carbocycles. The second kappa shape index (κ2) is 8.89. The Kier molecular flexibility index (Phi) is 6.06. The summed E-state index contributed by atoms with van der Waals surface area (Å²) in [5, 5.41) is 1.79. The summed E-state index contributed by atoms with van der Waals surface area (Å²) in [5.74, 6) is 1.07. The molecule has 3 aromatic rings. The minimum atomic E-state index is -3.74. The molecule has 34 heavy (non-hydrogen) atoms. The number of ether oxygens (including phenoxy) is 1. The summed E-state index contributed by atoms with van der Waals surface area (Å²) in [6.45, 7) is 3.91. The predicted octanol–water partition coefficient (Wildman–Crippen LogP) is 4.97. The summed E-state index contributed by atoms with van der Waals surface area (Å²) >= 11 is 1.26. The van der Waals surface area contributed by atoms with Gasteiger partial charge in [-0.05, 0) is 62.5 Å². The molecule has 1 aliphatic heterocycles. The van der Waals surface area contributed by atoms with Crippen molar-refractivity contribution in [1.82, 2.24) is 9.97 Å². The van der Waals surface area contributed by atoms with Gasteiger partial charge in [0.05, 0.1) is 11.8 Å². The monoisotopic (exact) mass is 498 g/mol. The molecular formula is C24H27N4O4PS. The highest BCUT2D eigenvalue weighted by atomic mass is 32.1. The molecule has 0 amide bonds. The topological polar surface area (TPSA) is 120 Å². The zero-order valence-corrected chi connectivity index (χ0v) is 20.8. The normalized spacial score (nSPS) is 23.3. The highest BCUT2D eigenvalue weighted by Gasteiger charge is 2.35. The van der Waals surface area contributed by atoms with Crippen molar-refractivity contribution in [3.05, 3.63) is 59.2 Å². The van der Waals surface area contributed by atoms with Crippen LogP contribution >= 0.6 is 18.9 Å². The number of rotatable bonds is 5. The van der Waals surface area contributed by atoms with Gasteiger partial charge in [-0.1, -0.05) is 30.3 Å². The zero-order valence-electron chi connectivity index (χ0n) is 19.0. The summed E-state index contributed by atoms with van der Waals surface area (Å²) in [5.41, 5.74) is 8.76. The lowest BCUT2D eigenvalue weighted by atomic mass is 9.82. The van der Waals surface area contributed by atoms with Crippen LogP contribution in [0.2, 0.25) is 0 Å². The summed E-state index contributed by atoms with van der Waals surface area (Å²) in [6, 6.07) is 11.8. The Bertz CT molecular complexity index is 1250. The van der Waals surface area contributed by atoms with Crippen molar-refractivity contribution >= 4 is 40.8 Å². The lowest BCUT2D eigenvalue weighted by molar-refractivity contribution is 0.133. The van der Waals surface area contributed by atoms with E-state index in [1.54, 1.807) is 17.5 Å². The van der Waals surface area contributed by atoms with Crippen molar-refractivity contribution < 1.29 is 18.7 Å². The van der Waals surface area contributed by atoms with Crippen molar-refractivity contribution in [2.24, 2.45) is 4.99 Å². The van der Waals surface area contributed by atoms with Gasteiger partial charge in [0.1, 0.15) is 16.5 Å². The third kappa shape index (κ3) is 4.53. The Morgan fingerprint density at radius 2 is 1.88 bits per heavy atom. The first-order valence-corrected chi connectivity index (χ1v) is 13.7. The van der Waals surface area contributed by atoms with Gasteiger partial charge in [0, 0.05) is 5.56 Å². The minimum Gasteiger partial charge on any atom is -0.463 e. The molecule has 0 radical (unpaired) electrons. The van der Waals surface area contributed by atoms with Gasteiger partial charge in [0.25, 0.3) is 0 Å². The fourth-order valence-electron chi connectivity index (χ4n) is 4.60. The van der Waals surface area contributed by atoms with Crippen LogP contribution in [0, 0.1) is 0 Å². The fourth-order valence-corrected chi connectivity index (χ4v) is 6.89. The molecule has 1 aromatic carbocycles. The van der Waals surface area contributed by atoms with E-state index in [4.69, 9.17) is 20.0 Å². The van der Waals surface area contributed by atoms with Crippen LogP contribution in [0.15, 0.2) is 53.1 Å². The molecule has 2 aliphatic rings. The van der Waals surface area contributed by atoms with Crippen molar-refractivity contribution in [3.8, 4) is 5.88 Å². The summed E-state index contributed by atoms with van der Waals surface area (Å²) in [4.78, 5) is 23.2. The Balaban J connectivity index is 1.27. The number of nitrogens with zero attached hydrogens (tertiary/aromatic N) is 3. The molecule has 0 saturated heterocycles. The minimum absolute atomic E-state index is 0.198. The maximum Gasteiger partial charge on any atom is 0.368 e. The highest BCUT2D eigenvalue weighted by molar-refractivity contribution is 7.67. The zero-order chi connectivity index (χ0) is 23.9. The molecule has 3 N–H and O–H groups in total. The van der Waals surface area contributed by atoms with Gasteiger partial charge in [0.15, 0.2) is 11.5 Å². The first kappa shape index (κ1) is 23.2. The second-order valence-electron chi connectivity index (χ2n) is 9.16. The number of thiophene rings is 1. The molecular weight excluding hydrogens is 471 g/mol. The quantitative estimate of drug-likeness (QED) is 0.477. The van der Waals surface area contributed by atoms with E-state index in [1.165, 1.54) is 23.2 Å². The lowest BCUT2D eigenvalue weighted by Gasteiger charge is -2.32. The average molecular weight is 499 g/mol. The van der Waals surface area contributed by atoms with Crippen molar-refractivity contribution in [1.29, 1.82) is 0 Å². The summed E-state index contributed by atoms with van der Waals surface area (Å²) < 4.78 is 24.7. The van der Waals surface area contributed by atoms with Crippen LogP contribution in [-0.2, 0) is 9.09 Å². The van der Waals surface area contributed by atoms with Gasteiger partial charge in [0.2, 0.25) is 5.88 Å². The van der Waals surface area contributed by atoms with Crippen LogP contribution in [0.4, 0.5) is 11.5 Å². The number of hydrogen-bond acceptors (Lipinski definition) is 8. The molecule has 0 bridgehead atoms. The van der Waals surface area contributed by atoms with E-state index in [0.29, 0.717) is 27.9 Å². The lowest BCUT2D eigenvalue weighted by Crippen LogP contribution is -2.41. The molecule has 5 rings (SSSR count). The third-order valence-electron chi connectivity index (χ3n) is 6.37. The number of nitrogens with two attached hydrogens (primary N) is 1. The average Bonchev–Trinajstić information content (AvgIpc) is 3.35. The highest BCUT2D eigenvalue weighted by Crippen LogP contribution is 2.47. The molecule has 1 atom stereocenters. The van der Waals surface area contributed by atoms with Crippen LogP contribution in [0.5, 0.6) is 5.88 Å². The number of anilines is 1. The van der Waals surface area contributed by atoms with Gasteiger partial charge in [-0.2, -0.15) is 4.98 Å². The molecule has 8 nitrogen and oxygen atoms in total. The van der Waals surface area contributed by atoms with E-state index < -0.39 is 13.2 Å². The van der Waals surface area contributed by atoms with E-state index >= 15 is 0 Å². The number of hydrogen-bond donors (Lipinski definition) is 2. The number of nitrogen functional groups attached to an aromatic ring is 1. The Hall–Kier alpha value is -2.58. The number of aliphatic imine (C=N–C) groups is 1. The van der Waals surface area contributed by atoms with Crippen molar-refractivity contribution in [2.75, 3.05) is 5.73 Å². The van der Waals surface area contributed by atoms with Gasteiger partial charge in [-0.15, -0.1) is 11.3 Å². The van der Waals surface area contributed by atoms with E-state index in [1.807, 2.05) is 13.8 Å². The van der Waals surface area contributed by atoms with E-state index in [-0.39, 0.29) is 6.10 Å². The first-order chi connectivity index (χ1) is 16.2. The first-order valence-electron chi connectivity index (χ1n) is 11.3. The van der Waals surface area contributed by atoms with Crippen LogP contribution < -0.4 is 15.1 Å².